The number of para-hydroxylation sites is 1. The van der Waals surface area contributed by atoms with Gasteiger partial charge in [0.05, 0.1) is 9.98 Å². The summed E-state index contributed by atoms with van der Waals surface area (Å²) in [5.41, 5.74) is 1.20. The summed E-state index contributed by atoms with van der Waals surface area (Å²) in [5.74, 6) is 0.891. The second-order valence-corrected chi connectivity index (χ2v) is 5.37. The summed E-state index contributed by atoms with van der Waals surface area (Å²) in [4.78, 5) is 4.14. The smallest absolute Gasteiger partial charge is 0.279 e. The van der Waals surface area contributed by atoms with Gasteiger partial charge >= 0.3 is 0 Å². The molecule has 1 heterocycles. The fraction of sp³-hybridized carbons (Fsp3) is 0.182. The molecule has 0 atom stereocenters. The maximum atomic E-state index is 5.70. The largest absolute Gasteiger partial charge is 0.431 e. The molecule has 0 radical (unpaired) electrons. The lowest BCUT2D eigenvalue weighted by atomic mass is 10.1. The van der Waals surface area contributed by atoms with E-state index >= 15 is 0 Å². The monoisotopic (exact) mass is 283 g/mol. The summed E-state index contributed by atoms with van der Waals surface area (Å²) in [6.07, 6.45) is 2.71. The molecule has 0 saturated heterocycles. The van der Waals surface area contributed by atoms with Crippen molar-refractivity contribution in [3.63, 3.8) is 0 Å². The van der Waals surface area contributed by atoms with E-state index in [1.165, 1.54) is 16.9 Å². The van der Waals surface area contributed by atoms with E-state index in [1.807, 2.05) is 18.2 Å². The van der Waals surface area contributed by atoms with E-state index in [0.29, 0.717) is 5.19 Å². The van der Waals surface area contributed by atoms with E-state index in [4.69, 9.17) is 4.74 Å². The molecule has 1 aromatic heterocycles. The molecule has 2 nitrogen and oxygen atoms in total. The Morgan fingerprint density at radius 3 is 2.87 bits per heavy atom. The third-order valence-corrected chi connectivity index (χ3v) is 3.36. The van der Waals surface area contributed by atoms with Crippen molar-refractivity contribution in [1.29, 1.82) is 0 Å². The van der Waals surface area contributed by atoms with Gasteiger partial charge < -0.3 is 4.74 Å². The van der Waals surface area contributed by atoms with Crippen LogP contribution in [0.2, 0.25) is 0 Å². The van der Waals surface area contributed by atoms with Crippen LogP contribution < -0.4 is 4.74 Å². The van der Waals surface area contributed by atoms with E-state index in [0.717, 1.165) is 16.0 Å². The van der Waals surface area contributed by atoms with Crippen LogP contribution in [0.3, 0.4) is 0 Å². The van der Waals surface area contributed by atoms with Crippen LogP contribution in [0.1, 0.15) is 12.5 Å². The molecule has 78 valence electrons. The van der Waals surface area contributed by atoms with Crippen LogP contribution in [-0.2, 0) is 6.42 Å². The Labute approximate surface area is 101 Å². The molecule has 1 aromatic carbocycles. The molecule has 0 unspecified atom stereocenters. The Morgan fingerprint density at radius 1 is 1.40 bits per heavy atom. The third kappa shape index (κ3) is 2.58. The van der Waals surface area contributed by atoms with Gasteiger partial charge in [0.1, 0.15) is 5.75 Å². The molecular formula is C11H10BrNOS. The Hall–Kier alpha value is -0.870. The van der Waals surface area contributed by atoms with Crippen molar-refractivity contribution in [2.24, 2.45) is 0 Å². The van der Waals surface area contributed by atoms with Crippen molar-refractivity contribution in [2.45, 2.75) is 13.3 Å². The Kier molecular flexibility index (Phi) is 3.38. The molecule has 0 spiro atoms. The normalized spacial score (nSPS) is 10.3. The fourth-order valence-corrected chi connectivity index (χ4v) is 2.30. The first-order valence-corrected chi connectivity index (χ1v) is 6.27. The summed E-state index contributed by atoms with van der Waals surface area (Å²) in [6.45, 7) is 2.11. The summed E-state index contributed by atoms with van der Waals surface area (Å²) in [5, 5.41) is 0.669. The zero-order valence-corrected chi connectivity index (χ0v) is 10.6. The number of hydrogen-bond donors (Lipinski definition) is 0. The van der Waals surface area contributed by atoms with Crippen molar-refractivity contribution >= 4 is 27.3 Å². The highest BCUT2D eigenvalue weighted by Gasteiger charge is 2.05. The summed E-state index contributed by atoms with van der Waals surface area (Å²) < 4.78 is 6.68. The molecule has 0 aliphatic carbocycles. The first kappa shape index (κ1) is 10.6. The third-order valence-electron chi connectivity index (χ3n) is 2.01. The van der Waals surface area contributed by atoms with E-state index in [9.17, 15) is 0 Å². The highest BCUT2D eigenvalue weighted by molar-refractivity contribution is 9.11. The molecular weight excluding hydrogens is 274 g/mol. The van der Waals surface area contributed by atoms with Gasteiger partial charge in [-0.2, -0.15) is 0 Å². The summed E-state index contributed by atoms with van der Waals surface area (Å²) in [6, 6.07) is 8.02. The van der Waals surface area contributed by atoms with E-state index in [1.54, 1.807) is 6.20 Å². The first-order chi connectivity index (χ1) is 7.29. The molecule has 15 heavy (non-hydrogen) atoms. The van der Waals surface area contributed by atoms with Gasteiger partial charge in [0.25, 0.3) is 5.19 Å². The first-order valence-electron chi connectivity index (χ1n) is 4.66. The number of halogens is 1. The molecule has 0 amide bonds. The number of nitrogens with zero attached hydrogens (tertiary/aromatic N) is 1. The van der Waals surface area contributed by atoms with Gasteiger partial charge in [-0.3, -0.25) is 0 Å². The molecule has 2 aromatic rings. The SMILES string of the molecule is CCc1ccccc1Oc1ncc(Br)s1. The van der Waals surface area contributed by atoms with Gasteiger partial charge in [0.2, 0.25) is 0 Å². The highest BCUT2D eigenvalue weighted by Crippen LogP contribution is 2.31. The van der Waals surface area contributed by atoms with Crippen LogP contribution in [0.25, 0.3) is 0 Å². The average molecular weight is 284 g/mol. The topological polar surface area (TPSA) is 22.1 Å². The Balaban J connectivity index is 2.23. The molecule has 0 N–H and O–H groups in total. The van der Waals surface area contributed by atoms with Gasteiger partial charge in [0.15, 0.2) is 0 Å². The molecule has 2 rings (SSSR count). The van der Waals surface area contributed by atoms with Crippen molar-refractivity contribution in [2.75, 3.05) is 0 Å². The molecule has 4 heteroatoms. The molecule has 0 fully saturated rings. The standard InChI is InChI=1S/C11H10BrNOS/c1-2-8-5-3-4-6-9(8)14-11-13-7-10(12)15-11/h3-7H,2H2,1H3. The zero-order chi connectivity index (χ0) is 10.7. The van der Waals surface area contributed by atoms with Gasteiger partial charge in [-0.15, -0.1) is 0 Å². The van der Waals surface area contributed by atoms with Gasteiger partial charge in [-0.25, -0.2) is 4.98 Å². The van der Waals surface area contributed by atoms with Gasteiger partial charge in [-0.1, -0.05) is 36.5 Å². The number of aryl methyl sites for hydroxylation is 1. The van der Waals surface area contributed by atoms with Crippen LogP contribution in [0.5, 0.6) is 10.9 Å². The summed E-state index contributed by atoms with van der Waals surface area (Å²) >= 11 is 4.84. The minimum atomic E-state index is 0.669. The van der Waals surface area contributed by atoms with E-state index in [-0.39, 0.29) is 0 Å². The Bertz CT molecular complexity index is 455. The number of benzene rings is 1. The predicted molar refractivity (Wildman–Crippen MR) is 65.7 cm³/mol. The Morgan fingerprint density at radius 2 is 2.20 bits per heavy atom. The van der Waals surface area contributed by atoms with Crippen molar-refractivity contribution < 1.29 is 4.74 Å². The molecule has 0 saturated carbocycles. The minimum Gasteiger partial charge on any atom is -0.431 e. The second-order valence-electron chi connectivity index (χ2n) is 2.99. The van der Waals surface area contributed by atoms with Gasteiger partial charge in [-0.05, 0) is 34.0 Å². The maximum absolute atomic E-state index is 5.70. The van der Waals surface area contributed by atoms with Crippen LogP contribution >= 0.6 is 27.3 Å². The number of hydrogen-bond acceptors (Lipinski definition) is 3. The maximum Gasteiger partial charge on any atom is 0.279 e. The van der Waals surface area contributed by atoms with Gasteiger partial charge in [0, 0.05) is 0 Å². The van der Waals surface area contributed by atoms with Crippen molar-refractivity contribution in [3.05, 3.63) is 39.8 Å². The van der Waals surface area contributed by atoms with Crippen LogP contribution in [-0.4, -0.2) is 4.98 Å². The van der Waals surface area contributed by atoms with Crippen molar-refractivity contribution in [1.82, 2.24) is 4.98 Å². The second kappa shape index (κ2) is 4.77. The fourth-order valence-electron chi connectivity index (χ4n) is 1.28. The number of aromatic nitrogens is 1. The number of thiazole rings is 1. The average Bonchev–Trinajstić information content (AvgIpc) is 2.65. The minimum absolute atomic E-state index is 0.669. The van der Waals surface area contributed by atoms with E-state index in [2.05, 4.69) is 33.9 Å². The van der Waals surface area contributed by atoms with Crippen LogP contribution in [0.4, 0.5) is 0 Å². The molecule has 0 aliphatic rings. The number of rotatable bonds is 3. The highest BCUT2D eigenvalue weighted by atomic mass is 79.9. The van der Waals surface area contributed by atoms with E-state index < -0.39 is 0 Å². The van der Waals surface area contributed by atoms with Crippen LogP contribution in [0.15, 0.2) is 34.2 Å². The predicted octanol–water partition coefficient (Wildman–Crippen LogP) is 4.26. The molecule has 0 bridgehead atoms. The lowest BCUT2D eigenvalue weighted by molar-refractivity contribution is 0.473. The summed E-state index contributed by atoms with van der Waals surface area (Å²) in [7, 11) is 0. The lowest BCUT2D eigenvalue weighted by Crippen LogP contribution is -1.88. The zero-order valence-electron chi connectivity index (χ0n) is 8.24. The van der Waals surface area contributed by atoms with Crippen molar-refractivity contribution in [3.8, 4) is 10.9 Å². The molecule has 0 aliphatic heterocycles. The quantitative estimate of drug-likeness (QED) is 0.840. The van der Waals surface area contributed by atoms with Crippen LogP contribution in [0, 0.1) is 0 Å². The number of ether oxygens (including phenoxy) is 1. The lowest BCUT2D eigenvalue weighted by Gasteiger charge is -2.06.